The average Bonchev–Trinajstić information content (AvgIpc) is 1.83. The van der Waals surface area contributed by atoms with E-state index in [-0.39, 0.29) is 12.4 Å². The van der Waals surface area contributed by atoms with Crippen LogP contribution in [-0.2, 0) is 4.79 Å². The molecule has 0 amide bonds. The Hall–Kier alpha value is -0.280. The van der Waals surface area contributed by atoms with Gasteiger partial charge in [-0.25, -0.2) is 0 Å². The lowest BCUT2D eigenvalue weighted by Gasteiger charge is -1.94. The van der Waals surface area contributed by atoms with E-state index in [1.54, 1.807) is 0 Å². The van der Waals surface area contributed by atoms with Crippen molar-refractivity contribution in [3.63, 3.8) is 0 Å². The molecule has 0 aliphatic rings. The molecule has 0 unspecified atom stereocenters. The number of rotatable bonds is 4. The van der Waals surface area contributed by atoms with Gasteiger partial charge in [0.05, 0.1) is 6.61 Å². The first kappa shape index (κ1) is 8.72. The molecule has 0 fully saturated rings. The summed E-state index contributed by atoms with van der Waals surface area (Å²) in [4.78, 5) is 10.9. The molecule has 0 aromatic rings. The van der Waals surface area contributed by atoms with E-state index >= 15 is 0 Å². The van der Waals surface area contributed by atoms with Gasteiger partial charge in [0.1, 0.15) is 5.78 Å². The van der Waals surface area contributed by atoms with Crippen molar-refractivity contribution in [2.75, 3.05) is 6.61 Å². The molecule has 0 saturated heterocycles. The molecule has 0 aliphatic carbocycles. The smallest absolute Gasteiger partial charge is 0.130 e. The summed E-state index contributed by atoms with van der Waals surface area (Å²) in [6.07, 6.45) is 1.00. The van der Waals surface area contributed by atoms with Gasteiger partial charge in [-0.1, -0.05) is 12.2 Å². The van der Waals surface area contributed by atoms with Gasteiger partial charge >= 0.3 is 0 Å². The van der Waals surface area contributed by atoms with E-state index < -0.39 is 0 Å². The first-order chi connectivity index (χ1) is 4.16. The Morgan fingerprint density at radius 3 is 2.44 bits per heavy atom. The minimum Gasteiger partial charge on any atom is -0.391 e. The standard InChI is InChI=1S/C6H10O2S/c1-5(8)2-3-6(9)4-7/h7H,2-4H2,1H3. The van der Waals surface area contributed by atoms with Crippen molar-refractivity contribution in [3.05, 3.63) is 0 Å². The monoisotopic (exact) mass is 146 g/mol. The molecule has 0 rings (SSSR count). The van der Waals surface area contributed by atoms with Gasteiger partial charge in [-0.2, -0.15) is 0 Å². The van der Waals surface area contributed by atoms with Crippen LogP contribution in [-0.4, -0.2) is 22.4 Å². The van der Waals surface area contributed by atoms with E-state index in [0.717, 1.165) is 0 Å². The van der Waals surface area contributed by atoms with Crippen LogP contribution in [0, 0.1) is 0 Å². The fourth-order valence-corrected chi connectivity index (χ4v) is 0.497. The van der Waals surface area contributed by atoms with Crippen LogP contribution in [0.2, 0.25) is 0 Å². The quantitative estimate of drug-likeness (QED) is 0.594. The molecule has 0 radical (unpaired) electrons. The largest absolute Gasteiger partial charge is 0.391 e. The molecule has 2 nitrogen and oxygen atoms in total. The van der Waals surface area contributed by atoms with Gasteiger partial charge in [0.2, 0.25) is 0 Å². The molecular formula is C6H10O2S. The molecule has 0 aliphatic heterocycles. The van der Waals surface area contributed by atoms with Crippen LogP contribution in [0.15, 0.2) is 0 Å². The molecule has 0 atom stereocenters. The van der Waals surface area contributed by atoms with Crippen molar-refractivity contribution in [3.8, 4) is 0 Å². The lowest BCUT2D eigenvalue weighted by atomic mass is 10.2. The third-order valence-electron chi connectivity index (χ3n) is 0.932. The second kappa shape index (κ2) is 4.58. The zero-order valence-corrected chi connectivity index (χ0v) is 6.20. The van der Waals surface area contributed by atoms with Crippen LogP contribution in [0.1, 0.15) is 19.8 Å². The van der Waals surface area contributed by atoms with E-state index in [0.29, 0.717) is 17.7 Å². The maximum Gasteiger partial charge on any atom is 0.130 e. The summed E-state index contributed by atoms with van der Waals surface area (Å²) in [5.74, 6) is 0.116. The molecule has 0 saturated carbocycles. The van der Waals surface area contributed by atoms with Gasteiger partial charge in [-0.3, -0.25) is 0 Å². The van der Waals surface area contributed by atoms with Crippen LogP contribution in [0.5, 0.6) is 0 Å². The summed E-state index contributed by atoms with van der Waals surface area (Å²) in [6, 6.07) is 0. The lowest BCUT2D eigenvalue weighted by molar-refractivity contribution is -0.116. The second-order valence-electron chi connectivity index (χ2n) is 1.90. The summed E-state index contributed by atoms with van der Waals surface area (Å²) in [5, 5.41) is 8.40. The number of ketones is 1. The zero-order valence-electron chi connectivity index (χ0n) is 5.39. The van der Waals surface area contributed by atoms with Crippen molar-refractivity contribution < 1.29 is 9.90 Å². The SMILES string of the molecule is CC(=O)CCC(=S)CO. The highest BCUT2D eigenvalue weighted by molar-refractivity contribution is 7.80. The number of aliphatic hydroxyl groups excluding tert-OH is 1. The van der Waals surface area contributed by atoms with Crippen LogP contribution >= 0.6 is 12.2 Å². The van der Waals surface area contributed by atoms with E-state index in [9.17, 15) is 4.79 Å². The van der Waals surface area contributed by atoms with Gasteiger partial charge in [0.25, 0.3) is 0 Å². The third kappa shape index (κ3) is 5.59. The molecule has 0 spiro atoms. The number of thiocarbonyl (C=S) groups is 1. The van der Waals surface area contributed by atoms with Gasteiger partial charge in [0, 0.05) is 11.3 Å². The highest BCUT2D eigenvalue weighted by Crippen LogP contribution is 1.92. The van der Waals surface area contributed by atoms with Crippen molar-refractivity contribution >= 4 is 22.9 Å². The minimum atomic E-state index is -0.0807. The first-order valence-electron chi connectivity index (χ1n) is 2.79. The number of aliphatic hydroxyl groups is 1. The molecule has 0 bridgehead atoms. The van der Waals surface area contributed by atoms with Crippen LogP contribution in [0.25, 0.3) is 0 Å². The fourth-order valence-electron chi connectivity index (χ4n) is 0.395. The van der Waals surface area contributed by atoms with Crippen molar-refractivity contribution in [2.45, 2.75) is 19.8 Å². The number of carbonyl (C=O) groups excluding carboxylic acids is 1. The second-order valence-corrected chi connectivity index (χ2v) is 2.48. The number of hydrogen-bond acceptors (Lipinski definition) is 3. The molecule has 3 heteroatoms. The van der Waals surface area contributed by atoms with E-state index in [1.807, 2.05) is 0 Å². The number of carbonyl (C=O) groups is 1. The molecule has 0 heterocycles. The Bertz CT molecular complexity index is 120. The predicted octanol–water partition coefficient (Wildman–Crippen LogP) is 0.718. The Labute approximate surface area is 59.9 Å². The minimum absolute atomic E-state index is 0.0807. The molecule has 1 N–H and O–H groups in total. The Kier molecular flexibility index (Phi) is 4.44. The van der Waals surface area contributed by atoms with E-state index in [2.05, 4.69) is 12.2 Å². The molecule has 0 aromatic heterocycles. The highest BCUT2D eigenvalue weighted by Gasteiger charge is 1.96. The Morgan fingerprint density at radius 1 is 1.56 bits per heavy atom. The summed E-state index contributed by atoms with van der Waals surface area (Å²) in [7, 11) is 0. The van der Waals surface area contributed by atoms with Crippen molar-refractivity contribution in [2.24, 2.45) is 0 Å². The molecule has 0 aromatic carbocycles. The number of Topliss-reactive ketones (excluding diaryl/α,β-unsaturated/α-hetero) is 1. The number of hydrogen-bond donors (Lipinski definition) is 1. The van der Waals surface area contributed by atoms with E-state index in [4.69, 9.17) is 5.11 Å². The molecule has 9 heavy (non-hydrogen) atoms. The van der Waals surface area contributed by atoms with Crippen molar-refractivity contribution in [1.82, 2.24) is 0 Å². The summed E-state index contributed by atoms with van der Waals surface area (Å²) in [6.45, 7) is 1.43. The van der Waals surface area contributed by atoms with Crippen LogP contribution < -0.4 is 0 Å². The summed E-state index contributed by atoms with van der Waals surface area (Å²) in [5.41, 5.74) is 0. The Morgan fingerprint density at radius 2 is 2.11 bits per heavy atom. The maximum absolute atomic E-state index is 10.3. The highest BCUT2D eigenvalue weighted by atomic mass is 32.1. The maximum atomic E-state index is 10.3. The van der Waals surface area contributed by atoms with Crippen LogP contribution in [0.4, 0.5) is 0 Å². The van der Waals surface area contributed by atoms with Gasteiger partial charge in [0.15, 0.2) is 0 Å². The molecular weight excluding hydrogens is 136 g/mol. The van der Waals surface area contributed by atoms with E-state index in [1.165, 1.54) is 6.92 Å². The summed E-state index contributed by atoms with van der Waals surface area (Å²) >= 11 is 4.67. The fraction of sp³-hybridized carbons (Fsp3) is 0.667. The first-order valence-corrected chi connectivity index (χ1v) is 3.19. The topological polar surface area (TPSA) is 37.3 Å². The third-order valence-corrected chi connectivity index (χ3v) is 1.27. The predicted molar refractivity (Wildman–Crippen MR) is 39.6 cm³/mol. The molecule has 52 valence electrons. The average molecular weight is 146 g/mol. The summed E-state index contributed by atoms with van der Waals surface area (Å²) < 4.78 is 0. The van der Waals surface area contributed by atoms with Crippen LogP contribution in [0.3, 0.4) is 0 Å². The zero-order chi connectivity index (χ0) is 7.28. The lowest BCUT2D eigenvalue weighted by Crippen LogP contribution is -2.02. The van der Waals surface area contributed by atoms with Gasteiger partial charge in [-0.05, 0) is 13.3 Å². The normalized spacial score (nSPS) is 9.11. The van der Waals surface area contributed by atoms with Gasteiger partial charge < -0.3 is 9.90 Å². The van der Waals surface area contributed by atoms with Gasteiger partial charge in [-0.15, -0.1) is 0 Å². The Balaban J connectivity index is 3.28. The van der Waals surface area contributed by atoms with Crippen molar-refractivity contribution in [1.29, 1.82) is 0 Å².